The van der Waals surface area contributed by atoms with E-state index in [-0.39, 0.29) is 0 Å². The monoisotopic (exact) mass is 202 g/mol. The molecule has 0 aromatic heterocycles. The minimum Gasteiger partial charge on any atom is -0.496 e. The lowest BCUT2D eigenvalue weighted by atomic mass is 10.2. The van der Waals surface area contributed by atoms with Gasteiger partial charge in [0, 0.05) is 5.56 Å². The first kappa shape index (κ1) is 11.4. The summed E-state index contributed by atoms with van der Waals surface area (Å²) < 4.78 is 10.3. The topological polar surface area (TPSA) is 18.5 Å². The van der Waals surface area contributed by atoms with Crippen molar-refractivity contribution in [3.63, 3.8) is 0 Å². The fraction of sp³-hybridized carbons (Fsp3) is 0.231. The highest BCUT2D eigenvalue weighted by molar-refractivity contribution is 5.57. The second-order valence-corrected chi connectivity index (χ2v) is 2.86. The molecule has 0 aliphatic rings. The van der Waals surface area contributed by atoms with Crippen LogP contribution in [0.2, 0.25) is 0 Å². The van der Waals surface area contributed by atoms with Gasteiger partial charge in [0.2, 0.25) is 0 Å². The van der Waals surface area contributed by atoms with Crippen molar-refractivity contribution in [3.8, 4) is 18.1 Å². The van der Waals surface area contributed by atoms with Crippen molar-refractivity contribution >= 4 is 6.08 Å². The second kappa shape index (κ2) is 6.69. The Morgan fingerprint density at radius 2 is 2.20 bits per heavy atom. The Hall–Kier alpha value is -1.72. The van der Waals surface area contributed by atoms with Gasteiger partial charge in [-0.05, 0) is 6.07 Å². The smallest absolute Gasteiger partial charge is 0.126 e. The van der Waals surface area contributed by atoms with Crippen LogP contribution in [-0.4, -0.2) is 20.3 Å². The van der Waals surface area contributed by atoms with Gasteiger partial charge in [-0.3, -0.25) is 0 Å². The molecule has 0 N–H and O–H groups in total. The highest BCUT2D eigenvalue weighted by Gasteiger charge is 1.95. The Kier molecular flexibility index (Phi) is 5.07. The van der Waals surface area contributed by atoms with E-state index in [0.29, 0.717) is 13.2 Å². The number of hydrogen-bond acceptors (Lipinski definition) is 2. The molecule has 1 rings (SSSR count). The molecule has 2 nitrogen and oxygen atoms in total. The number of ether oxygens (including phenoxy) is 2. The summed E-state index contributed by atoms with van der Waals surface area (Å²) in [5, 5.41) is 0. The first-order valence-corrected chi connectivity index (χ1v) is 4.69. The lowest BCUT2D eigenvalue weighted by molar-refractivity contribution is 0.200. The predicted octanol–water partition coefficient (Wildman–Crippen LogP) is 2.36. The van der Waals surface area contributed by atoms with Gasteiger partial charge in [0.05, 0.1) is 13.7 Å². The lowest BCUT2D eigenvalue weighted by Gasteiger charge is -2.03. The van der Waals surface area contributed by atoms with E-state index in [0.717, 1.165) is 11.3 Å². The third-order valence-electron chi connectivity index (χ3n) is 1.84. The summed E-state index contributed by atoms with van der Waals surface area (Å²) in [4.78, 5) is 0. The van der Waals surface area contributed by atoms with E-state index in [4.69, 9.17) is 15.9 Å². The summed E-state index contributed by atoms with van der Waals surface area (Å²) in [6.45, 7) is 0.860. The van der Waals surface area contributed by atoms with Gasteiger partial charge in [-0.25, -0.2) is 0 Å². The van der Waals surface area contributed by atoms with Gasteiger partial charge in [-0.1, -0.05) is 36.3 Å². The molecule has 0 saturated heterocycles. The van der Waals surface area contributed by atoms with Crippen molar-refractivity contribution in [1.82, 2.24) is 0 Å². The Bertz CT molecular complexity index is 361. The quantitative estimate of drug-likeness (QED) is 0.539. The van der Waals surface area contributed by atoms with Gasteiger partial charge < -0.3 is 9.47 Å². The van der Waals surface area contributed by atoms with Gasteiger partial charge in [0.15, 0.2) is 0 Å². The summed E-state index contributed by atoms with van der Waals surface area (Å²) in [6.07, 6.45) is 8.91. The zero-order valence-electron chi connectivity index (χ0n) is 8.77. The van der Waals surface area contributed by atoms with Gasteiger partial charge in [-0.15, -0.1) is 6.42 Å². The molecule has 0 saturated carbocycles. The van der Waals surface area contributed by atoms with Crippen molar-refractivity contribution in [2.45, 2.75) is 0 Å². The standard InChI is InChI=1S/C13H14O2/c1-3-10-15-11-6-8-12-7-4-5-9-13(12)14-2/h1,4-9H,10-11H2,2H3/b8-6+. The number of hydrogen-bond donors (Lipinski definition) is 0. The minimum absolute atomic E-state index is 0.344. The Morgan fingerprint density at radius 3 is 2.93 bits per heavy atom. The molecule has 0 heterocycles. The van der Waals surface area contributed by atoms with Crippen LogP contribution in [0.4, 0.5) is 0 Å². The molecule has 0 radical (unpaired) electrons. The fourth-order valence-electron chi connectivity index (χ4n) is 1.17. The first-order chi connectivity index (χ1) is 7.38. The van der Waals surface area contributed by atoms with Gasteiger partial charge in [0.25, 0.3) is 0 Å². The molecule has 0 aliphatic carbocycles. The van der Waals surface area contributed by atoms with Crippen molar-refractivity contribution in [1.29, 1.82) is 0 Å². The van der Waals surface area contributed by atoms with Crippen molar-refractivity contribution < 1.29 is 9.47 Å². The summed E-state index contributed by atoms with van der Waals surface area (Å²) in [5.74, 6) is 3.26. The van der Waals surface area contributed by atoms with Crippen molar-refractivity contribution in [2.75, 3.05) is 20.3 Å². The predicted molar refractivity (Wildman–Crippen MR) is 61.7 cm³/mol. The van der Waals surface area contributed by atoms with E-state index in [9.17, 15) is 0 Å². The molecule has 0 atom stereocenters. The van der Waals surface area contributed by atoms with E-state index in [2.05, 4.69) is 5.92 Å². The number of benzene rings is 1. The molecule has 0 bridgehead atoms. The van der Waals surface area contributed by atoms with Crippen molar-refractivity contribution in [3.05, 3.63) is 35.9 Å². The van der Waals surface area contributed by atoms with Crippen LogP contribution in [0.5, 0.6) is 5.75 Å². The van der Waals surface area contributed by atoms with E-state index in [1.54, 1.807) is 7.11 Å². The lowest BCUT2D eigenvalue weighted by Crippen LogP contribution is -1.90. The van der Waals surface area contributed by atoms with Crippen LogP contribution < -0.4 is 4.74 Å². The SMILES string of the molecule is C#CCOC/C=C/c1ccccc1OC. The number of terminal acetylenes is 1. The summed E-state index contributed by atoms with van der Waals surface area (Å²) in [6, 6.07) is 7.80. The van der Waals surface area contributed by atoms with E-state index >= 15 is 0 Å². The van der Waals surface area contributed by atoms with E-state index in [1.165, 1.54) is 0 Å². The van der Waals surface area contributed by atoms with E-state index in [1.807, 2.05) is 36.4 Å². The molecule has 2 heteroatoms. The third-order valence-corrected chi connectivity index (χ3v) is 1.84. The maximum Gasteiger partial charge on any atom is 0.126 e. The van der Waals surface area contributed by atoms with Crippen LogP contribution in [0.3, 0.4) is 0 Å². The average Bonchev–Trinajstić information content (AvgIpc) is 2.29. The van der Waals surface area contributed by atoms with Crippen LogP contribution in [0.25, 0.3) is 6.08 Å². The molecular formula is C13H14O2. The molecular weight excluding hydrogens is 188 g/mol. The first-order valence-electron chi connectivity index (χ1n) is 4.69. The molecule has 78 valence electrons. The van der Waals surface area contributed by atoms with Crippen molar-refractivity contribution in [2.24, 2.45) is 0 Å². The zero-order chi connectivity index (χ0) is 10.9. The Labute approximate surface area is 90.5 Å². The van der Waals surface area contributed by atoms with Crippen LogP contribution in [0.1, 0.15) is 5.56 Å². The van der Waals surface area contributed by atoms with Crippen LogP contribution in [-0.2, 0) is 4.74 Å². The number of methoxy groups -OCH3 is 1. The average molecular weight is 202 g/mol. The highest BCUT2D eigenvalue weighted by atomic mass is 16.5. The Balaban J connectivity index is 2.52. The van der Waals surface area contributed by atoms with E-state index < -0.39 is 0 Å². The molecule has 0 unspecified atom stereocenters. The minimum atomic E-state index is 0.344. The Morgan fingerprint density at radius 1 is 1.40 bits per heavy atom. The normalized spacial score (nSPS) is 10.1. The molecule has 0 amide bonds. The maximum absolute atomic E-state index is 5.20. The molecule has 1 aromatic carbocycles. The third kappa shape index (κ3) is 3.88. The largest absolute Gasteiger partial charge is 0.496 e. The number of rotatable bonds is 5. The molecule has 0 aliphatic heterocycles. The van der Waals surface area contributed by atoms with Gasteiger partial charge >= 0.3 is 0 Å². The molecule has 15 heavy (non-hydrogen) atoms. The van der Waals surface area contributed by atoms with Crippen LogP contribution in [0.15, 0.2) is 30.3 Å². The molecule has 0 spiro atoms. The van der Waals surface area contributed by atoms with Crippen LogP contribution in [0, 0.1) is 12.3 Å². The summed E-state index contributed by atoms with van der Waals surface area (Å²) in [5.41, 5.74) is 1.03. The zero-order valence-corrected chi connectivity index (χ0v) is 8.77. The molecule has 0 fully saturated rings. The van der Waals surface area contributed by atoms with Gasteiger partial charge in [0.1, 0.15) is 12.4 Å². The fourth-order valence-corrected chi connectivity index (χ4v) is 1.17. The molecule has 1 aromatic rings. The van der Waals surface area contributed by atoms with Gasteiger partial charge in [-0.2, -0.15) is 0 Å². The summed E-state index contributed by atoms with van der Waals surface area (Å²) in [7, 11) is 1.65. The van der Waals surface area contributed by atoms with Crippen LogP contribution >= 0.6 is 0 Å². The maximum atomic E-state index is 5.20. The number of para-hydroxylation sites is 1. The summed E-state index contributed by atoms with van der Waals surface area (Å²) >= 11 is 0. The highest BCUT2D eigenvalue weighted by Crippen LogP contribution is 2.18. The second-order valence-electron chi connectivity index (χ2n) is 2.86.